The number of ether oxygens (including phenoxy) is 3. The van der Waals surface area contributed by atoms with Crippen molar-refractivity contribution < 1.29 is 32.2 Å². The lowest BCUT2D eigenvalue weighted by atomic mass is 10.0. The van der Waals surface area contributed by atoms with Crippen LogP contribution in [0.5, 0.6) is 17.2 Å². The van der Waals surface area contributed by atoms with Gasteiger partial charge in [0.2, 0.25) is 0 Å². The van der Waals surface area contributed by atoms with Gasteiger partial charge >= 0.3 is 0 Å². The van der Waals surface area contributed by atoms with E-state index in [1.54, 1.807) is 35.2 Å². The van der Waals surface area contributed by atoms with Gasteiger partial charge in [0, 0.05) is 37.3 Å². The van der Waals surface area contributed by atoms with Crippen LogP contribution in [0.25, 0.3) is 11.6 Å². The first-order chi connectivity index (χ1) is 19.4. The standard InChI is InChI=1S/C30H26F3N3O4/c1-38-28-16-19(2-7-27(28)40-26-6-3-20(18-34)15-24(26)29(32)33)14-23-22-17-21(31)4-5-25(22)36(30(23)37)9-8-35-10-12-39-13-11-35/h2-7,14-17,29H,8-13H2,1H3. The Morgan fingerprint density at radius 1 is 1.02 bits per heavy atom. The molecule has 0 saturated carbocycles. The van der Waals surface area contributed by atoms with E-state index < -0.39 is 17.8 Å². The molecule has 0 atom stereocenters. The van der Waals surface area contributed by atoms with Crippen molar-refractivity contribution in [3.05, 3.63) is 82.7 Å². The minimum absolute atomic E-state index is 0.0912. The fourth-order valence-corrected chi connectivity index (χ4v) is 4.78. The van der Waals surface area contributed by atoms with E-state index in [2.05, 4.69) is 4.90 Å². The lowest BCUT2D eigenvalue weighted by Crippen LogP contribution is -2.42. The van der Waals surface area contributed by atoms with E-state index in [9.17, 15) is 18.0 Å². The van der Waals surface area contributed by atoms with Gasteiger partial charge in [0.05, 0.1) is 43.2 Å². The topological polar surface area (TPSA) is 75.0 Å². The molecule has 7 nitrogen and oxygen atoms in total. The van der Waals surface area contributed by atoms with Crippen LogP contribution in [-0.4, -0.2) is 57.3 Å². The number of nitrogens with zero attached hydrogens (tertiary/aromatic N) is 3. The molecule has 0 spiro atoms. The van der Waals surface area contributed by atoms with Crippen LogP contribution in [0, 0.1) is 17.1 Å². The molecule has 0 radical (unpaired) electrons. The fourth-order valence-electron chi connectivity index (χ4n) is 4.78. The lowest BCUT2D eigenvalue weighted by molar-refractivity contribution is -0.113. The second-order valence-corrected chi connectivity index (χ2v) is 9.31. The van der Waals surface area contributed by atoms with Gasteiger partial charge in [-0.1, -0.05) is 6.07 Å². The van der Waals surface area contributed by atoms with Crippen molar-refractivity contribution in [3.8, 4) is 23.3 Å². The number of benzene rings is 3. The molecule has 5 rings (SSSR count). The average Bonchev–Trinajstić information content (AvgIpc) is 3.22. The molecule has 2 heterocycles. The second-order valence-electron chi connectivity index (χ2n) is 9.31. The van der Waals surface area contributed by atoms with Crippen molar-refractivity contribution in [1.82, 2.24) is 4.90 Å². The van der Waals surface area contributed by atoms with E-state index in [-0.39, 0.29) is 28.7 Å². The third-order valence-electron chi connectivity index (χ3n) is 6.85. The smallest absolute Gasteiger partial charge is 0.267 e. The van der Waals surface area contributed by atoms with Gasteiger partial charge in [-0.15, -0.1) is 0 Å². The lowest BCUT2D eigenvalue weighted by Gasteiger charge is -2.28. The molecule has 10 heteroatoms. The molecule has 206 valence electrons. The summed E-state index contributed by atoms with van der Waals surface area (Å²) >= 11 is 0. The first-order valence-electron chi connectivity index (χ1n) is 12.7. The van der Waals surface area contributed by atoms with Gasteiger partial charge < -0.3 is 19.1 Å². The summed E-state index contributed by atoms with van der Waals surface area (Å²) in [6.07, 6.45) is -1.20. The van der Waals surface area contributed by atoms with Crippen LogP contribution in [0.4, 0.5) is 18.9 Å². The number of rotatable bonds is 8. The number of amides is 1. The number of carbonyl (C=O) groups excluding carboxylic acids is 1. The van der Waals surface area contributed by atoms with E-state index in [1.807, 2.05) is 6.07 Å². The number of methoxy groups -OCH3 is 1. The SMILES string of the molecule is COc1cc(C=C2C(=O)N(CCN3CCOCC3)c3ccc(F)cc32)ccc1Oc1ccc(C#N)cc1C(F)F. The molecule has 1 fully saturated rings. The summed E-state index contributed by atoms with van der Waals surface area (Å²) in [5, 5.41) is 9.04. The maximum absolute atomic E-state index is 14.2. The van der Waals surface area contributed by atoms with Gasteiger partial charge in [0.15, 0.2) is 11.5 Å². The van der Waals surface area contributed by atoms with E-state index in [0.717, 1.165) is 19.2 Å². The predicted octanol–water partition coefficient (Wildman–Crippen LogP) is 5.66. The number of carbonyl (C=O) groups is 1. The summed E-state index contributed by atoms with van der Waals surface area (Å²) in [5.41, 5.74) is 1.71. The molecule has 2 aliphatic heterocycles. The summed E-state index contributed by atoms with van der Waals surface area (Å²) in [6.45, 7) is 3.98. The summed E-state index contributed by atoms with van der Waals surface area (Å²) in [7, 11) is 1.41. The summed E-state index contributed by atoms with van der Waals surface area (Å²) in [6, 6.07) is 14.7. The van der Waals surface area contributed by atoms with Crippen molar-refractivity contribution in [2.75, 3.05) is 51.4 Å². The van der Waals surface area contributed by atoms with Crippen molar-refractivity contribution in [2.45, 2.75) is 6.43 Å². The quantitative estimate of drug-likeness (QED) is 0.338. The molecule has 0 unspecified atom stereocenters. The predicted molar refractivity (Wildman–Crippen MR) is 143 cm³/mol. The van der Waals surface area contributed by atoms with Gasteiger partial charge in [0.25, 0.3) is 12.3 Å². The highest BCUT2D eigenvalue weighted by molar-refractivity contribution is 6.35. The minimum atomic E-state index is -2.85. The first-order valence-corrected chi connectivity index (χ1v) is 12.7. The van der Waals surface area contributed by atoms with E-state index in [4.69, 9.17) is 19.5 Å². The maximum Gasteiger partial charge on any atom is 0.267 e. The number of fused-ring (bicyclic) bond motifs is 1. The van der Waals surface area contributed by atoms with Gasteiger partial charge in [0.1, 0.15) is 11.6 Å². The van der Waals surface area contributed by atoms with Crippen molar-refractivity contribution >= 4 is 23.2 Å². The van der Waals surface area contributed by atoms with Crippen LogP contribution in [0.15, 0.2) is 54.6 Å². The zero-order valence-electron chi connectivity index (χ0n) is 21.7. The Balaban J connectivity index is 1.43. The number of hydrogen-bond acceptors (Lipinski definition) is 6. The van der Waals surface area contributed by atoms with Gasteiger partial charge in [-0.25, -0.2) is 13.2 Å². The molecule has 40 heavy (non-hydrogen) atoms. The monoisotopic (exact) mass is 549 g/mol. The molecule has 2 aliphatic rings. The van der Waals surface area contributed by atoms with Crippen LogP contribution >= 0.6 is 0 Å². The molecule has 3 aromatic carbocycles. The Hall–Kier alpha value is -4.33. The maximum atomic E-state index is 14.2. The Labute approximate surface area is 229 Å². The van der Waals surface area contributed by atoms with Crippen LogP contribution in [0.1, 0.15) is 28.7 Å². The summed E-state index contributed by atoms with van der Waals surface area (Å²) in [5.74, 6) is -0.386. The highest BCUT2D eigenvalue weighted by Gasteiger charge is 2.33. The van der Waals surface area contributed by atoms with E-state index >= 15 is 0 Å². The Morgan fingerprint density at radius 2 is 1.80 bits per heavy atom. The number of morpholine rings is 1. The molecule has 3 aromatic rings. The zero-order valence-corrected chi connectivity index (χ0v) is 21.7. The largest absolute Gasteiger partial charge is 0.493 e. The fraction of sp³-hybridized carbons (Fsp3) is 0.267. The zero-order chi connectivity index (χ0) is 28.2. The molecule has 1 saturated heterocycles. The minimum Gasteiger partial charge on any atom is -0.493 e. The normalized spacial score (nSPS) is 16.4. The molecule has 0 aromatic heterocycles. The van der Waals surface area contributed by atoms with Crippen LogP contribution < -0.4 is 14.4 Å². The van der Waals surface area contributed by atoms with Gasteiger partial charge in [-0.05, 0) is 60.2 Å². The number of halogens is 3. The molecule has 0 N–H and O–H groups in total. The number of hydrogen-bond donors (Lipinski definition) is 0. The first kappa shape index (κ1) is 27.2. The third kappa shape index (κ3) is 5.66. The van der Waals surface area contributed by atoms with Crippen molar-refractivity contribution in [1.29, 1.82) is 5.26 Å². The second kappa shape index (κ2) is 11.8. The van der Waals surface area contributed by atoms with Crippen LogP contribution in [-0.2, 0) is 9.53 Å². The average molecular weight is 550 g/mol. The summed E-state index contributed by atoms with van der Waals surface area (Å²) < 4.78 is 58.0. The van der Waals surface area contributed by atoms with Crippen molar-refractivity contribution in [2.24, 2.45) is 0 Å². The number of alkyl halides is 2. The molecular weight excluding hydrogens is 523 g/mol. The van der Waals surface area contributed by atoms with Gasteiger partial charge in [-0.3, -0.25) is 9.69 Å². The van der Waals surface area contributed by atoms with Gasteiger partial charge in [-0.2, -0.15) is 5.26 Å². The Morgan fingerprint density at radius 3 is 2.52 bits per heavy atom. The molecule has 1 amide bonds. The highest BCUT2D eigenvalue weighted by Crippen LogP contribution is 2.41. The Bertz CT molecular complexity index is 1500. The number of anilines is 1. The van der Waals surface area contributed by atoms with E-state index in [1.165, 1.54) is 31.4 Å². The Kier molecular flexibility index (Phi) is 8.05. The molecule has 0 bridgehead atoms. The van der Waals surface area contributed by atoms with Crippen molar-refractivity contribution in [3.63, 3.8) is 0 Å². The number of nitriles is 1. The van der Waals surface area contributed by atoms with Crippen LogP contribution in [0.3, 0.4) is 0 Å². The third-order valence-corrected chi connectivity index (χ3v) is 6.85. The molecule has 0 aliphatic carbocycles. The van der Waals surface area contributed by atoms with Crippen LogP contribution in [0.2, 0.25) is 0 Å². The molecular formula is C30H26F3N3O4. The summed E-state index contributed by atoms with van der Waals surface area (Å²) in [4.78, 5) is 17.4. The van der Waals surface area contributed by atoms with E-state index in [0.29, 0.717) is 48.7 Å². The highest BCUT2D eigenvalue weighted by atomic mass is 19.3.